The monoisotopic (exact) mass is 569 g/mol. The van der Waals surface area contributed by atoms with Gasteiger partial charge >= 0.3 is 0 Å². The smallest absolute Gasteiger partial charge is 0.255 e. The van der Waals surface area contributed by atoms with E-state index in [0.29, 0.717) is 23.5 Å². The van der Waals surface area contributed by atoms with E-state index in [-0.39, 0.29) is 30.2 Å². The van der Waals surface area contributed by atoms with Crippen LogP contribution in [0.15, 0.2) is 48.8 Å². The van der Waals surface area contributed by atoms with E-state index in [9.17, 15) is 4.79 Å². The molecule has 0 saturated heterocycles. The number of benzene rings is 2. The minimum absolute atomic E-state index is 0.0360. The maximum Gasteiger partial charge on any atom is 0.255 e. The van der Waals surface area contributed by atoms with Gasteiger partial charge in [-0.25, -0.2) is 9.07 Å². The Morgan fingerprint density at radius 2 is 2.02 bits per heavy atom. The summed E-state index contributed by atoms with van der Waals surface area (Å²) in [7, 11) is 2.92. The first-order valence-corrected chi connectivity index (χ1v) is 14.0. The number of ether oxygens (including phenoxy) is 2. The van der Waals surface area contributed by atoms with Gasteiger partial charge in [-0.15, -0.1) is 0 Å². The van der Waals surface area contributed by atoms with Crippen LogP contribution in [-0.4, -0.2) is 57.2 Å². The molecule has 0 spiro atoms. The van der Waals surface area contributed by atoms with Crippen molar-refractivity contribution < 1.29 is 18.7 Å². The normalized spacial score (nSPS) is 14.8. The number of carbonyl (C=O) groups is 1. The van der Waals surface area contributed by atoms with Crippen LogP contribution in [0.25, 0.3) is 5.69 Å². The van der Waals surface area contributed by atoms with E-state index >= 15 is 4.39 Å². The summed E-state index contributed by atoms with van der Waals surface area (Å²) in [6.45, 7) is 2.63. The Balaban J connectivity index is 1.21. The Bertz CT molecular complexity index is 1670. The highest BCUT2D eigenvalue weighted by Crippen LogP contribution is 2.32. The second-order valence-electron chi connectivity index (χ2n) is 10.7. The molecule has 0 bridgehead atoms. The maximum absolute atomic E-state index is 15.4. The van der Waals surface area contributed by atoms with Gasteiger partial charge < -0.3 is 14.8 Å². The molecule has 216 valence electrons. The third-order valence-electron chi connectivity index (χ3n) is 7.86. The van der Waals surface area contributed by atoms with Crippen molar-refractivity contribution in [2.45, 2.75) is 51.5 Å². The summed E-state index contributed by atoms with van der Waals surface area (Å²) < 4.78 is 29.0. The van der Waals surface area contributed by atoms with Gasteiger partial charge in [-0.3, -0.25) is 14.4 Å². The summed E-state index contributed by atoms with van der Waals surface area (Å²) in [6.07, 6.45) is 6.94. The number of rotatable bonds is 10. The number of nitriles is 1. The van der Waals surface area contributed by atoms with E-state index in [0.717, 1.165) is 31.1 Å². The van der Waals surface area contributed by atoms with Gasteiger partial charge in [-0.1, -0.05) is 18.2 Å². The molecule has 2 aromatic heterocycles. The average Bonchev–Trinajstić information content (AvgIpc) is 3.61. The van der Waals surface area contributed by atoms with Gasteiger partial charge in [-0.05, 0) is 54.2 Å². The van der Waals surface area contributed by atoms with E-state index < -0.39 is 11.7 Å². The van der Waals surface area contributed by atoms with E-state index in [1.54, 1.807) is 30.3 Å². The second kappa shape index (κ2) is 11.8. The van der Waals surface area contributed by atoms with Crippen molar-refractivity contribution in [1.82, 2.24) is 29.8 Å². The Morgan fingerprint density at radius 1 is 1.17 bits per heavy atom. The first kappa shape index (κ1) is 27.6. The summed E-state index contributed by atoms with van der Waals surface area (Å²) in [5, 5.41) is 20.8. The first-order valence-electron chi connectivity index (χ1n) is 14.0. The van der Waals surface area contributed by atoms with Crippen LogP contribution in [0.3, 0.4) is 0 Å². The second-order valence-corrected chi connectivity index (χ2v) is 10.7. The Labute approximate surface area is 243 Å². The fourth-order valence-corrected chi connectivity index (χ4v) is 5.56. The van der Waals surface area contributed by atoms with E-state index in [4.69, 9.17) is 14.7 Å². The summed E-state index contributed by atoms with van der Waals surface area (Å²) in [4.78, 5) is 16.0. The van der Waals surface area contributed by atoms with Crippen LogP contribution in [0, 0.1) is 17.1 Å². The highest BCUT2D eigenvalue weighted by molar-refractivity contribution is 5.95. The molecule has 1 saturated carbocycles. The molecule has 0 unspecified atom stereocenters. The zero-order chi connectivity index (χ0) is 29.2. The highest BCUT2D eigenvalue weighted by atomic mass is 19.1. The number of aromatic nitrogens is 4. The van der Waals surface area contributed by atoms with Gasteiger partial charge in [0.25, 0.3) is 5.91 Å². The van der Waals surface area contributed by atoms with Crippen LogP contribution in [0.4, 0.5) is 4.39 Å². The summed E-state index contributed by atoms with van der Waals surface area (Å²) in [5.74, 6) is -0.996. The molecule has 1 fully saturated rings. The molecule has 4 aromatic rings. The van der Waals surface area contributed by atoms with Crippen LogP contribution in [0.1, 0.15) is 56.8 Å². The van der Waals surface area contributed by atoms with Crippen LogP contribution in [0.5, 0.6) is 5.75 Å². The molecule has 0 radical (unpaired) electrons. The summed E-state index contributed by atoms with van der Waals surface area (Å²) >= 11 is 0. The van der Waals surface area contributed by atoms with Gasteiger partial charge in [-0.2, -0.15) is 15.5 Å². The number of carbonyl (C=O) groups excluding carboxylic acids is 1. The van der Waals surface area contributed by atoms with Gasteiger partial charge in [0.15, 0.2) is 17.3 Å². The first-order chi connectivity index (χ1) is 20.5. The lowest BCUT2D eigenvalue weighted by Crippen LogP contribution is -2.32. The largest absolute Gasteiger partial charge is 0.494 e. The zero-order valence-corrected chi connectivity index (χ0v) is 23.6. The van der Waals surface area contributed by atoms with Crippen molar-refractivity contribution in [2.75, 3.05) is 20.8 Å². The minimum atomic E-state index is -0.621. The van der Waals surface area contributed by atoms with Crippen molar-refractivity contribution in [1.29, 1.82) is 5.26 Å². The summed E-state index contributed by atoms with van der Waals surface area (Å²) in [6, 6.07) is 13.9. The zero-order valence-electron chi connectivity index (χ0n) is 23.6. The van der Waals surface area contributed by atoms with Crippen molar-refractivity contribution >= 4 is 5.91 Å². The van der Waals surface area contributed by atoms with E-state index in [1.807, 2.05) is 6.07 Å². The average molecular weight is 570 g/mol. The lowest BCUT2D eigenvalue weighted by atomic mass is 9.97. The van der Waals surface area contributed by atoms with Crippen LogP contribution in [0.2, 0.25) is 0 Å². The van der Waals surface area contributed by atoms with Crippen LogP contribution < -0.4 is 10.1 Å². The number of halogens is 1. The minimum Gasteiger partial charge on any atom is -0.494 e. The van der Waals surface area contributed by atoms with Crippen molar-refractivity contribution in [3.8, 4) is 17.5 Å². The van der Waals surface area contributed by atoms with Gasteiger partial charge in [0.2, 0.25) is 0 Å². The molecule has 1 N–H and O–H groups in total. The van der Waals surface area contributed by atoms with E-state index in [1.165, 1.54) is 47.9 Å². The molecule has 1 aliphatic carbocycles. The topological polar surface area (TPSA) is 110 Å². The molecule has 2 aromatic carbocycles. The van der Waals surface area contributed by atoms with Crippen LogP contribution in [-0.2, 0) is 37.4 Å². The van der Waals surface area contributed by atoms with Gasteiger partial charge in [0.1, 0.15) is 11.8 Å². The number of methoxy groups -OCH3 is 2. The SMILES string of the molecule is COCc1nn(Cc2ccc3c(c2)CN(C2CC2)CC3)cc1C(=O)NCc1c(-n2ccc(C#N)n2)ccc(OC)c1F. The molecular weight excluding hydrogens is 537 g/mol. The molecule has 10 nitrogen and oxygen atoms in total. The molecule has 0 atom stereocenters. The maximum atomic E-state index is 15.4. The lowest BCUT2D eigenvalue weighted by molar-refractivity contribution is 0.0945. The predicted molar refractivity (Wildman–Crippen MR) is 152 cm³/mol. The number of nitrogens with zero attached hydrogens (tertiary/aromatic N) is 6. The third kappa shape index (κ3) is 5.64. The van der Waals surface area contributed by atoms with Crippen molar-refractivity contribution in [2.24, 2.45) is 0 Å². The summed E-state index contributed by atoms with van der Waals surface area (Å²) in [5.41, 5.74) is 5.47. The highest BCUT2D eigenvalue weighted by Gasteiger charge is 2.31. The van der Waals surface area contributed by atoms with Crippen molar-refractivity contribution in [3.05, 3.63) is 93.8 Å². The standard InChI is InChI=1S/C31H32FN7O3/c1-41-19-27-26(18-38(36-27)16-20-3-4-21-9-11-37(24-5-6-24)17-22(21)13-20)31(40)34-15-25-28(7-8-29(42-2)30(25)32)39-12-10-23(14-33)35-39/h3-4,7-8,10,12-13,18,24H,5-6,9,11,15-17,19H2,1-2H3,(H,34,40). The molecule has 1 amide bonds. The quantitative estimate of drug-likeness (QED) is 0.310. The molecule has 3 heterocycles. The fraction of sp³-hybridized carbons (Fsp3) is 0.355. The number of hydrogen-bond donors (Lipinski definition) is 1. The van der Waals surface area contributed by atoms with Gasteiger partial charge in [0.05, 0.1) is 31.5 Å². The van der Waals surface area contributed by atoms with Crippen molar-refractivity contribution in [3.63, 3.8) is 0 Å². The molecule has 2 aliphatic rings. The van der Waals surface area contributed by atoms with Crippen LogP contribution >= 0.6 is 0 Å². The predicted octanol–water partition coefficient (Wildman–Crippen LogP) is 3.73. The van der Waals surface area contributed by atoms with E-state index in [2.05, 4.69) is 38.6 Å². The Hall–Kier alpha value is -4.53. The molecular formula is C31H32FN7O3. The Morgan fingerprint density at radius 3 is 2.76 bits per heavy atom. The lowest BCUT2D eigenvalue weighted by Gasteiger charge is -2.29. The number of nitrogens with one attached hydrogen (secondary N) is 1. The fourth-order valence-electron chi connectivity index (χ4n) is 5.56. The molecule has 11 heteroatoms. The molecule has 42 heavy (non-hydrogen) atoms. The number of fused-ring (bicyclic) bond motifs is 1. The van der Waals surface area contributed by atoms with Gasteiger partial charge in [0, 0.05) is 50.7 Å². The molecule has 1 aliphatic heterocycles. The third-order valence-corrected chi connectivity index (χ3v) is 7.86. The number of hydrogen-bond acceptors (Lipinski definition) is 7. The number of amides is 1. The molecule has 6 rings (SSSR count). The Kier molecular flexibility index (Phi) is 7.73.